The minimum Gasteiger partial charge on any atom is -0.310 e. The van der Waals surface area contributed by atoms with Crippen LogP contribution in [0.3, 0.4) is 0 Å². The van der Waals surface area contributed by atoms with E-state index >= 15 is 0 Å². The Kier molecular flexibility index (Phi) is 10.9. The van der Waals surface area contributed by atoms with Crippen molar-refractivity contribution in [2.45, 2.75) is 41.5 Å². The first-order valence-corrected chi connectivity index (χ1v) is 20.1. The number of hydrogen-bond acceptors (Lipinski definition) is 2. The summed E-state index contributed by atoms with van der Waals surface area (Å²) in [6, 6.07) is 66.5. The molecule has 8 aromatic rings. The van der Waals surface area contributed by atoms with E-state index < -0.39 is 0 Å². The lowest BCUT2D eigenvalue weighted by Gasteiger charge is -2.26. The van der Waals surface area contributed by atoms with Gasteiger partial charge in [0.15, 0.2) is 0 Å². The summed E-state index contributed by atoms with van der Waals surface area (Å²) in [6.45, 7) is 12.9. The summed E-state index contributed by atoms with van der Waals surface area (Å²) in [6.07, 6.45) is 4.37. The molecular weight excluding hydrogens is 701 g/mol. The number of anilines is 6. The molecule has 0 aliphatic rings. The fraction of sp³-hybridized carbons (Fsp3) is 0.107. The number of aryl methyl sites for hydroxylation is 6. The minimum atomic E-state index is 1.14. The Morgan fingerprint density at radius 1 is 0.241 bits per heavy atom. The molecule has 284 valence electrons. The van der Waals surface area contributed by atoms with Crippen molar-refractivity contribution in [1.82, 2.24) is 0 Å². The van der Waals surface area contributed by atoms with Gasteiger partial charge in [0.1, 0.15) is 0 Å². The maximum atomic E-state index is 2.34. The van der Waals surface area contributed by atoms with Gasteiger partial charge in [0.25, 0.3) is 0 Å². The van der Waals surface area contributed by atoms with Crippen LogP contribution in [0.5, 0.6) is 0 Å². The number of benzene rings is 8. The largest absolute Gasteiger partial charge is 0.310 e. The lowest BCUT2D eigenvalue weighted by Crippen LogP contribution is -2.10. The van der Waals surface area contributed by atoms with Crippen LogP contribution in [0.4, 0.5) is 34.1 Å². The predicted molar refractivity (Wildman–Crippen MR) is 250 cm³/mol. The van der Waals surface area contributed by atoms with Gasteiger partial charge in [-0.25, -0.2) is 0 Å². The zero-order valence-electron chi connectivity index (χ0n) is 34.4. The summed E-state index contributed by atoms with van der Waals surface area (Å²) in [5.74, 6) is 0. The van der Waals surface area contributed by atoms with Gasteiger partial charge in [-0.05, 0) is 170 Å². The molecule has 0 atom stereocenters. The molecule has 0 aromatic heterocycles. The Bertz CT molecular complexity index is 2440. The maximum absolute atomic E-state index is 2.34. The quantitative estimate of drug-likeness (QED) is 0.128. The average Bonchev–Trinajstić information content (AvgIpc) is 3.22. The van der Waals surface area contributed by atoms with Crippen LogP contribution in [0.25, 0.3) is 34.4 Å². The Labute approximate surface area is 345 Å². The highest BCUT2D eigenvalue weighted by Gasteiger charge is 2.15. The molecule has 58 heavy (non-hydrogen) atoms. The van der Waals surface area contributed by atoms with Crippen molar-refractivity contribution in [3.05, 3.63) is 226 Å². The summed E-state index contributed by atoms with van der Waals surface area (Å²) >= 11 is 0. The van der Waals surface area contributed by atoms with Crippen molar-refractivity contribution in [2.75, 3.05) is 9.80 Å². The van der Waals surface area contributed by atoms with Crippen LogP contribution in [-0.4, -0.2) is 0 Å². The van der Waals surface area contributed by atoms with Crippen LogP contribution in [0.1, 0.15) is 44.5 Å². The molecule has 2 nitrogen and oxygen atoms in total. The van der Waals surface area contributed by atoms with Crippen molar-refractivity contribution >= 4 is 46.3 Å². The first-order valence-electron chi connectivity index (χ1n) is 20.1. The third-order valence-electron chi connectivity index (χ3n) is 10.7. The fourth-order valence-corrected chi connectivity index (χ4v) is 7.81. The molecule has 0 fully saturated rings. The van der Waals surface area contributed by atoms with Crippen LogP contribution in [-0.2, 0) is 0 Å². The number of hydrogen-bond donors (Lipinski definition) is 0. The van der Waals surface area contributed by atoms with Crippen LogP contribution in [0.2, 0.25) is 0 Å². The van der Waals surface area contributed by atoms with Crippen molar-refractivity contribution in [3.63, 3.8) is 0 Å². The zero-order chi connectivity index (χ0) is 40.2. The van der Waals surface area contributed by atoms with Crippen molar-refractivity contribution in [2.24, 2.45) is 0 Å². The highest BCUT2D eigenvalue weighted by molar-refractivity contribution is 5.81. The smallest absolute Gasteiger partial charge is 0.0466 e. The van der Waals surface area contributed by atoms with E-state index in [2.05, 4.69) is 245 Å². The van der Waals surface area contributed by atoms with E-state index in [1.807, 2.05) is 0 Å². The predicted octanol–water partition coefficient (Wildman–Crippen LogP) is 16.0. The lowest BCUT2D eigenvalue weighted by atomic mass is 10.0. The molecule has 0 aliphatic carbocycles. The molecule has 0 radical (unpaired) electrons. The van der Waals surface area contributed by atoms with Crippen molar-refractivity contribution in [1.29, 1.82) is 0 Å². The molecule has 0 unspecified atom stereocenters. The lowest BCUT2D eigenvalue weighted by molar-refractivity contribution is 1.25. The summed E-state index contributed by atoms with van der Waals surface area (Å²) in [7, 11) is 0. The van der Waals surface area contributed by atoms with E-state index in [0.29, 0.717) is 0 Å². The Morgan fingerprint density at radius 3 is 0.759 bits per heavy atom. The van der Waals surface area contributed by atoms with Gasteiger partial charge >= 0.3 is 0 Å². The third-order valence-corrected chi connectivity index (χ3v) is 10.7. The second-order valence-corrected chi connectivity index (χ2v) is 15.7. The molecule has 2 heteroatoms. The standard InChI is InChI=1S/C56H50N2/c1-39-7-25-51(26-8-39)57(55-35-41(3)33-42(4)36-55)53-29-21-49(22-30-53)47-17-13-45(14-18-47)11-12-46-15-19-48(20-16-46)50-23-31-54(32-24-50)58(52-27-9-40(2)10-28-52)56-37-43(5)34-44(6)38-56/h7-38H,1-6H3. The van der Waals surface area contributed by atoms with E-state index in [1.54, 1.807) is 0 Å². The third kappa shape index (κ3) is 8.73. The molecule has 0 saturated carbocycles. The number of rotatable bonds is 10. The van der Waals surface area contributed by atoms with Crippen LogP contribution < -0.4 is 9.80 Å². The topological polar surface area (TPSA) is 6.48 Å². The summed E-state index contributed by atoms with van der Waals surface area (Å²) in [5.41, 5.74) is 21.6. The molecule has 0 spiro atoms. The van der Waals surface area contributed by atoms with Crippen LogP contribution in [0.15, 0.2) is 182 Å². The minimum absolute atomic E-state index is 1.14. The summed E-state index contributed by atoms with van der Waals surface area (Å²) < 4.78 is 0. The first kappa shape index (κ1) is 38.0. The molecule has 0 saturated heterocycles. The van der Waals surface area contributed by atoms with E-state index in [4.69, 9.17) is 0 Å². The molecule has 0 N–H and O–H groups in total. The average molecular weight is 751 g/mol. The van der Waals surface area contributed by atoms with E-state index in [0.717, 1.165) is 22.7 Å². The van der Waals surface area contributed by atoms with Crippen LogP contribution >= 0.6 is 0 Å². The van der Waals surface area contributed by atoms with Gasteiger partial charge in [0.05, 0.1) is 0 Å². The summed E-state index contributed by atoms with van der Waals surface area (Å²) in [4.78, 5) is 4.68. The van der Waals surface area contributed by atoms with Gasteiger partial charge in [0.2, 0.25) is 0 Å². The van der Waals surface area contributed by atoms with E-state index in [9.17, 15) is 0 Å². The van der Waals surface area contributed by atoms with E-state index in [-0.39, 0.29) is 0 Å². The molecule has 0 bridgehead atoms. The van der Waals surface area contributed by atoms with E-state index in [1.165, 1.54) is 78.1 Å². The van der Waals surface area contributed by atoms with Gasteiger partial charge < -0.3 is 9.80 Å². The van der Waals surface area contributed by atoms with Crippen molar-refractivity contribution < 1.29 is 0 Å². The molecule has 0 aliphatic heterocycles. The van der Waals surface area contributed by atoms with Gasteiger partial charge in [-0.2, -0.15) is 0 Å². The fourth-order valence-electron chi connectivity index (χ4n) is 7.81. The normalized spacial score (nSPS) is 11.2. The summed E-state index contributed by atoms with van der Waals surface area (Å²) in [5, 5.41) is 0. The molecule has 8 rings (SSSR count). The molecule has 0 amide bonds. The van der Waals surface area contributed by atoms with Crippen LogP contribution in [0, 0.1) is 41.5 Å². The van der Waals surface area contributed by atoms with Gasteiger partial charge in [-0.1, -0.05) is 132 Å². The van der Waals surface area contributed by atoms with Crippen molar-refractivity contribution in [3.8, 4) is 22.3 Å². The second-order valence-electron chi connectivity index (χ2n) is 15.7. The Morgan fingerprint density at radius 2 is 0.483 bits per heavy atom. The first-order chi connectivity index (χ1) is 28.1. The molecule has 0 heterocycles. The molecular formula is C56H50N2. The Hall–Kier alpha value is -6.90. The second kappa shape index (κ2) is 16.7. The number of nitrogens with zero attached hydrogens (tertiary/aromatic N) is 2. The highest BCUT2D eigenvalue weighted by Crippen LogP contribution is 2.38. The Balaban J connectivity index is 0.954. The molecule has 8 aromatic carbocycles. The monoisotopic (exact) mass is 750 g/mol. The van der Waals surface area contributed by atoms with Gasteiger partial charge in [-0.15, -0.1) is 0 Å². The van der Waals surface area contributed by atoms with Gasteiger partial charge in [-0.3, -0.25) is 0 Å². The zero-order valence-corrected chi connectivity index (χ0v) is 34.4. The van der Waals surface area contributed by atoms with Gasteiger partial charge in [0, 0.05) is 34.1 Å². The maximum Gasteiger partial charge on any atom is 0.0466 e. The SMILES string of the molecule is Cc1ccc(N(c2ccc(-c3ccc(C=Cc4ccc(-c5ccc(N(c6ccc(C)cc6)c6cc(C)cc(C)c6)cc5)cc4)cc3)cc2)c2cc(C)cc(C)c2)cc1. The highest BCUT2D eigenvalue weighted by atomic mass is 15.1.